The van der Waals surface area contributed by atoms with Gasteiger partial charge in [0.2, 0.25) is 5.75 Å². The van der Waals surface area contributed by atoms with Crippen molar-refractivity contribution < 1.29 is 14.2 Å². The molecule has 0 aliphatic rings. The fourth-order valence-electron chi connectivity index (χ4n) is 1.89. The summed E-state index contributed by atoms with van der Waals surface area (Å²) in [5.41, 5.74) is 1.02. The standard InChI is InChI=1S/C15H25N3O3.HI/c1-6-7-17-15(16-2)18-10-11-8-12(19-3)14(21-5)13(9-11)20-4;/h8-9H,6-7,10H2,1-5H3,(H2,16,17,18);1H. The number of hydrogen-bond donors (Lipinski definition) is 2. The van der Waals surface area contributed by atoms with Gasteiger partial charge in [-0.3, -0.25) is 4.99 Å². The van der Waals surface area contributed by atoms with E-state index in [-0.39, 0.29) is 24.0 Å². The summed E-state index contributed by atoms with van der Waals surface area (Å²) in [6.45, 7) is 3.61. The number of nitrogens with one attached hydrogen (secondary N) is 2. The minimum Gasteiger partial charge on any atom is -0.493 e. The fourth-order valence-corrected chi connectivity index (χ4v) is 1.89. The predicted molar refractivity (Wildman–Crippen MR) is 100 cm³/mol. The van der Waals surface area contributed by atoms with Gasteiger partial charge in [0, 0.05) is 20.1 Å². The molecule has 0 unspecified atom stereocenters. The topological polar surface area (TPSA) is 64.1 Å². The predicted octanol–water partition coefficient (Wildman–Crippen LogP) is 2.41. The van der Waals surface area contributed by atoms with Gasteiger partial charge in [0.15, 0.2) is 17.5 Å². The lowest BCUT2D eigenvalue weighted by molar-refractivity contribution is 0.323. The third kappa shape index (κ3) is 5.78. The Morgan fingerprint density at radius 3 is 2.05 bits per heavy atom. The fraction of sp³-hybridized carbons (Fsp3) is 0.533. The molecule has 1 aromatic carbocycles. The highest BCUT2D eigenvalue weighted by Gasteiger charge is 2.13. The molecule has 0 aliphatic heterocycles. The monoisotopic (exact) mass is 423 g/mol. The number of methoxy groups -OCH3 is 3. The number of halogens is 1. The third-order valence-electron chi connectivity index (χ3n) is 2.95. The first kappa shape index (κ1) is 20.6. The summed E-state index contributed by atoms with van der Waals surface area (Å²) in [5.74, 6) is 2.65. The first-order valence-corrected chi connectivity index (χ1v) is 6.93. The van der Waals surface area contributed by atoms with Gasteiger partial charge in [-0.05, 0) is 24.1 Å². The van der Waals surface area contributed by atoms with E-state index in [0.717, 1.165) is 24.5 Å². The maximum absolute atomic E-state index is 5.34. The molecule has 7 heteroatoms. The largest absolute Gasteiger partial charge is 0.493 e. The van der Waals surface area contributed by atoms with Gasteiger partial charge in [0.25, 0.3) is 0 Å². The van der Waals surface area contributed by atoms with Crippen molar-refractivity contribution in [3.05, 3.63) is 17.7 Å². The van der Waals surface area contributed by atoms with Crippen molar-refractivity contribution in [3.8, 4) is 17.2 Å². The Morgan fingerprint density at radius 1 is 1.05 bits per heavy atom. The van der Waals surface area contributed by atoms with Crippen LogP contribution in [0.3, 0.4) is 0 Å². The van der Waals surface area contributed by atoms with E-state index in [0.29, 0.717) is 23.8 Å². The van der Waals surface area contributed by atoms with Gasteiger partial charge in [0.05, 0.1) is 21.3 Å². The lowest BCUT2D eigenvalue weighted by Gasteiger charge is -2.15. The molecular weight excluding hydrogens is 397 g/mol. The van der Waals surface area contributed by atoms with E-state index < -0.39 is 0 Å². The van der Waals surface area contributed by atoms with E-state index in [1.807, 2.05) is 12.1 Å². The molecule has 0 aliphatic carbocycles. The molecule has 0 fully saturated rings. The first-order chi connectivity index (χ1) is 10.2. The molecule has 0 bridgehead atoms. The average Bonchev–Trinajstić information content (AvgIpc) is 2.53. The molecule has 0 saturated heterocycles. The molecule has 2 N–H and O–H groups in total. The van der Waals surface area contributed by atoms with Crippen molar-refractivity contribution in [1.29, 1.82) is 0 Å². The minimum absolute atomic E-state index is 0. The van der Waals surface area contributed by atoms with Crippen LogP contribution in [0.1, 0.15) is 18.9 Å². The second kappa shape index (κ2) is 11.2. The third-order valence-corrected chi connectivity index (χ3v) is 2.95. The molecule has 0 aromatic heterocycles. The van der Waals surface area contributed by atoms with Crippen LogP contribution in [-0.2, 0) is 6.54 Å². The van der Waals surface area contributed by atoms with Gasteiger partial charge in [-0.15, -0.1) is 24.0 Å². The smallest absolute Gasteiger partial charge is 0.203 e. The number of ether oxygens (including phenoxy) is 3. The number of benzene rings is 1. The van der Waals surface area contributed by atoms with Crippen molar-refractivity contribution >= 4 is 29.9 Å². The molecule has 0 atom stereocenters. The molecule has 126 valence electrons. The molecule has 0 radical (unpaired) electrons. The molecular formula is C15H26IN3O3. The zero-order valence-electron chi connectivity index (χ0n) is 13.9. The number of guanidine groups is 1. The molecule has 0 saturated carbocycles. The maximum Gasteiger partial charge on any atom is 0.203 e. The lowest BCUT2D eigenvalue weighted by Crippen LogP contribution is -2.37. The zero-order chi connectivity index (χ0) is 15.7. The molecule has 1 rings (SSSR count). The SMILES string of the molecule is CCCNC(=NC)NCc1cc(OC)c(OC)c(OC)c1.I. The zero-order valence-corrected chi connectivity index (χ0v) is 16.2. The highest BCUT2D eigenvalue weighted by Crippen LogP contribution is 2.38. The summed E-state index contributed by atoms with van der Waals surface area (Å²) < 4.78 is 16.0. The number of hydrogen-bond acceptors (Lipinski definition) is 4. The van der Waals surface area contributed by atoms with E-state index in [1.165, 1.54) is 0 Å². The lowest BCUT2D eigenvalue weighted by atomic mass is 10.2. The summed E-state index contributed by atoms with van der Waals surface area (Å²) in [7, 11) is 6.56. The van der Waals surface area contributed by atoms with Crippen LogP contribution in [-0.4, -0.2) is 40.9 Å². The molecule has 0 spiro atoms. The second-order valence-corrected chi connectivity index (χ2v) is 4.39. The van der Waals surface area contributed by atoms with Crippen molar-refractivity contribution in [1.82, 2.24) is 10.6 Å². The van der Waals surface area contributed by atoms with Crippen LogP contribution in [0.25, 0.3) is 0 Å². The maximum atomic E-state index is 5.34. The molecule has 0 heterocycles. The Morgan fingerprint density at radius 2 is 1.64 bits per heavy atom. The molecule has 6 nitrogen and oxygen atoms in total. The van der Waals surface area contributed by atoms with E-state index in [4.69, 9.17) is 14.2 Å². The van der Waals surface area contributed by atoms with Gasteiger partial charge in [-0.1, -0.05) is 6.92 Å². The van der Waals surface area contributed by atoms with Crippen LogP contribution in [0, 0.1) is 0 Å². The Labute approximate surface area is 149 Å². The van der Waals surface area contributed by atoms with Crippen molar-refractivity contribution in [2.75, 3.05) is 34.9 Å². The number of nitrogens with zero attached hydrogens (tertiary/aromatic N) is 1. The first-order valence-electron chi connectivity index (χ1n) is 6.93. The Balaban J connectivity index is 0.00000441. The van der Waals surface area contributed by atoms with E-state index in [2.05, 4.69) is 22.5 Å². The van der Waals surface area contributed by atoms with Crippen LogP contribution >= 0.6 is 24.0 Å². The normalized spacial score (nSPS) is 10.5. The quantitative estimate of drug-likeness (QED) is 0.401. The Hall–Kier alpha value is -1.38. The van der Waals surface area contributed by atoms with Crippen molar-refractivity contribution in [2.24, 2.45) is 4.99 Å². The van der Waals surface area contributed by atoms with Crippen LogP contribution in [0.15, 0.2) is 17.1 Å². The number of rotatable bonds is 7. The van der Waals surface area contributed by atoms with Crippen LogP contribution in [0.2, 0.25) is 0 Å². The summed E-state index contributed by atoms with van der Waals surface area (Å²) in [4.78, 5) is 4.17. The number of aliphatic imine (C=N–C) groups is 1. The summed E-state index contributed by atoms with van der Waals surface area (Å²) in [5, 5.41) is 6.47. The van der Waals surface area contributed by atoms with Gasteiger partial charge in [0.1, 0.15) is 0 Å². The molecule has 0 amide bonds. The van der Waals surface area contributed by atoms with Crippen molar-refractivity contribution in [3.63, 3.8) is 0 Å². The summed E-state index contributed by atoms with van der Waals surface area (Å²) in [6, 6.07) is 3.84. The van der Waals surface area contributed by atoms with E-state index in [1.54, 1.807) is 28.4 Å². The summed E-state index contributed by atoms with van der Waals surface area (Å²) >= 11 is 0. The Bertz CT molecular complexity index is 456. The second-order valence-electron chi connectivity index (χ2n) is 4.39. The van der Waals surface area contributed by atoms with Crippen LogP contribution < -0.4 is 24.8 Å². The van der Waals surface area contributed by atoms with Gasteiger partial charge >= 0.3 is 0 Å². The molecule has 22 heavy (non-hydrogen) atoms. The van der Waals surface area contributed by atoms with E-state index in [9.17, 15) is 0 Å². The minimum atomic E-state index is 0. The Kier molecular flexibility index (Phi) is 10.5. The van der Waals surface area contributed by atoms with Crippen LogP contribution in [0.5, 0.6) is 17.2 Å². The highest BCUT2D eigenvalue weighted by molar-refractivity contribution is 14.0. The van der Waals surface area contributed by atoms with Gasteiger partial charge in [-0.2, -0.15) is 0 Å². The highest BCUT2D eigenvalue weighted by atomic mass is 127. The van der Waals surface area contributed by atoms with Crippen LogP contribution in [0.4, 0.5) is 0 Å². The van der Waals surface area contributed by atoms with Gasteiger partial charge in [-0.25, -0.2) is 0 Å². The molecule has 1 aromatic rings. The van der Waals surface area contributed by atoms with E-state index >= 15 is 0 Å². The average molecular weight is 423 g/mol. The van der Waals surface area contributed by atoms with Crippen molar-refractivity contribution in [2.45, 2.75) is 19.9 Å². The summed E-state index contributed by atoms with van der Waals surface area (Å²) in [6.07, 6.45) is 1.05. The van der Waals surface area contributed by atoms with Gasteiger partial charge < -0.3 is 24.8 Å².